The molecule has 1 aromatic carbocycles. The number of aromatic nitrogens is 3. The number of imidazole rings is 1. The van der Waals surface area contributed by atoms with Crippen molar-refractivity contribution in [1.82, 2.24) is 19.3 Å². The molecule has 0 spiro atoms. The molecule has 128 valence electrons. The fourth-order valence-corrected chi connectivity index (χ4v) is 3.67. The lowest BCUT2D eigenvalue weighted by molar-refractivity contribution is 0.112. The molecule has 1 aliphatic heterocycles. The fourth-order valence-electron chi connectivity index (χ4n) is 3.67. The molecule has 4 rings (SSSR count). The number of hydrogen-bond donors (Lipinski definition) is 1. The third kappa shape index (κ3) is 2.78. The molecule has 0 radical (unpaired) electrons. The highest BCUT2D eigenvalue weighted by Crippen LogP contribution is 2.33. The van der Waals surface area contributed by atoms with Gasteiger partial charge >= 0.3 is 0 Å². The molecule has 0 saturated carbocycles. The topological polar surface area (TPSA) is 76.5 Å². The van der Waals surface area contributed by atoms with Crippen LogP contribution >= 0.6 is 0 Å². The highest BCUT2D eigenvalue weighted by atomic mass is 16.1. The van der Waals surface area contributed by atoms with Crippen molar-refractivity contribution in [3.05, 3.63) is 48.0 Å². The first-order valence-corrected chi connectivity index (χ1v) is 8.54. The molecule has 0 bridgehead atoms. The van der Waals surface area contributed by atoms with Gasteiger partial charge in [-0.3, -0.25) is 9.20 Å². The van der Waals surface area contributed by atoms with E-state index in [2.05, 4.69) is 21.3 Å². The van der Waals surface area contributed by atoms with Crippen LogP contribution in [-0.4, -0.2) is 45.7 Å². The van der Waals surface area contributed by atoms with Crippen molar-refractivity contribution in [2.45, 2.75) is 18.8 Å². The second kappa shape index (κ2) is 6.29. The minimum atomic E-state index is 0.371. The van der Waals surface area contributed by atoms with Gasteiger partial charge in [-0.2, -0.15) is 0 Å². The number of carbonyl (C=O) groups excluding carboxylic acids is 1. The molecular weight excluding hydrogens is 314 g/mol. The zero-order chi connectivity index (χ0) is 17.4. The molecular formula is C19H21N5O. The summed E-state index contributed by atoms with van der Waals surface area (Å²) in [6, 6.07) is 7.42. The zero-order valence-electron chi connectivity index (χ0n) is 14.2. The van der Waals surface area contributed by atoms with Gasteiger partial charge in [0, 0.05) is 36.0 Å². The Kier molecular flexibility index (Phi) is 3.97. The van der Waals surface area contributed by atoms with Crippen molar-refractivity contribution in [3.63, 3.8) is 0 Å². The first-order chi connectivity index (χ1) is 12.2. The Labute approximate surface area is 146 Å². The van der Waals surface area contributed by atoms with E-state index >= 15 is 0 Å². The predicted molar refractivity (Wildman–Crippen MR) is 97.7 cm³/mol. The minimum absolute atomic E-state index is 0.371. The van der Waals surface area contributed by atoms with Gasteiger partial charge in [-0.1, -0.05) is 24.3 Å². The normalized spacial score (nSPS) is 18.5. The lowest BCUT2D eigenvalue weighted by atomic mass is 9.98. The number of likely N-dealkylation sites (N-methyl/N-ethyl adjacent to an activating group) is 1. The minimum Gasteiger partial charge on any atom is -0.382 e. The number of likely N-dealkylation sites (tertiary alicyclic amines) is 1. The Morgan fingerprint density at radius 3 is 2.80 bits per heavy atom. The number of carbonyl (C=O) groups is 1. The van der Waals surface area contributed by atoms with Crippen LogP contribution in [0, 0.1) is 0 Å². The van der Waals surface area contributed by atoms with Crippen LogP contribution in [0.15, 0.2) is 36.7 Å². The van der Waals surface area contributed by atoms with Gasteiger partial charge in [-0.25, -0.2) is 9.97 Å². The number of aldehydes is 1. The van der Waals surface area contributed by atoms with Crippen LogP contribution in [0.3, 0.4) is 0 Å². The van der Waals surface area contributed by atoms with Crippen molar-refractivity contribution < 1.29 is 4.79 Å². The molecule has 1 unspecified atom stereocenters. The summed E-state index contributed by atoms with van der Waals surface area (Å²) < 4.78 is 2.08. The molecule has 0 amide bonds. The first kappa shape index (κ1) is 15.8. The van der Waals surface area contributed by atoms with Crippen LogP contribution in [0.2, 0.25) is 0 Å². The first-order valence-electron chi connectivity index (χ1n) is 8.54. The monoisotopic (exact) mass is 335 g/mol. The average Bonchev–Trinajstić information content (AvgIpc) is 3.03. The van der Waals surface area contributed by atoms with E-state index in [-0.39, 0.29) is 0 Å². The molecule has 25 heavy (non-hydrogen) atoms. The number of nitrogens with zero attached hydrogens (tertiary/aromatic N) is 4. The maximum atomic E-state index is 10.9. The quantitative estimate of drug-likeness (QED) is 0.745. The highest BCUT2D eigenvalue weighted by molar-refractivity contribution is 5.86. The Morgan fingerprint density at radius 1 is 1.28 bits per heavy atom. The summed E-state index contributed by atoms with van der Waals surface area (Å²) in [5.74, 6) is 1.88. The fraction of sp³-hybridized carbons (Fsp3) is 0.316. The summed E-state index contributed by atoms with van der Waals surface area (Å²) >= 11 is 0. The standard InChI is InChI=1S/C19H21N5O/c1-23-9-2-3-15(11-23)19-22-16(14-6-4-13(12-25)5-7-14)17-18(20)21-8-10-24(17)19/h4-8,10,12,15H,2-3,9,11H2,1H3,(H2,20,21). The van der Waals surface area contributed by atoms with Crippen molar-refractivity contribution in [2.75, 3.05) is 25.9 Å². The average molecular weight is 335 g/mol. The summed E-state index contributed by atoms with van der Waals surface area (Å²) in [6.07, 6.45) is 6.79. The predicted octanol–water partition coefficient (Wildman–Crippen LogP) is 2.60. The maximum absolute atomic E-state index is 10.9. The summed E-state index contributed by atoms with van der Waals surface area (Å²) in [5, 5.41) is 0. The van der Waals surface area contributed by atoms with Gasteiger partial charge in [0.2, 0.25) is 0 Å². The Balaban J connectivity index is 1.87. The van der Waals surface area contributed by atoms with E-state index in [0.29, 0.717) is 17.3 Å². The molecule has 1 atom stereocenters. The third-order valence-electron chi connectivity index (χ3n) is 4.92. The zero-order valence-corrected chi connectivity index (χ0v) is 14.2. The van der Waals surface area contributed by atoms with E-state index in [0.717, 1.165) is 48.4 Å². The number of anilines is 1. The van der Waals surface area contributed by atoms with E-state index in [1.807, 2.05) is 18.3 Å². The third-order valence-corrected chi connectivity index (χ3v) is 4.92. The van der Waals surface area contributed by atoms with Gasteiger partial charge in [0.1, 0.15) is 29.1 Å². The van der Waals surface area contributed by atoms with Crippen LogP contribution < -0.4 is 5.73 Å². The van der Waals surface area contributed by atoms with Crippen LogP contribution in [0.1, 0.15) is 34.9 Å². The number of fused-ring (bicyclic) bond motifs is 1. The number of rotatable bonds is 3. The summed E-state index contributed by atoms with van der Waals surface area (Å²) in [6.45, 7) is 2.12. The van der Waals surface area contributed by atoms with Crippen molar-refractivity contribution >= 4 is 17.6 Å². The number of nitrogen functional groups attached to an aromatic ring is 1. The Bertz CT molecular complexity index is 915. The van der Waals surface area contributed by atoms with Crippen molar-refractivity contribution in [3.8, 4) is 11.3 Å². The summed E-state index contributed by atoms with van der Waals surface area (Å²) in [7, 11) is 2.15. The molecule has 6 nitrogen and oxygen atoms in total. The molecule has 1 fully saturated rings. The lowest BCUT2D eigenvalue weighted by Gasteiger charge is -2.28. The number of hydrogen-bond acceptors (Lipinski definition) is 5. The number of piperidine rings is 1. The van der Waals surface area contributed by atoms with Gasteiger partial charge in [-0.05, 0) is 26.4 Å². The molecule has 2 aromatic heterocycles. The SMILES string of the molecule is CN1CCCC(c2nc(-c3ccc(C=O)cc3)c3c(N)nccn23)C1. The highest BCUT2D eigenvalue weighted by Gasteiger charge is 2.25. The van der Waals surface area contributed by atoms with E-state index < -0.39 is 0 Å². The largest absolute Gasteiger partial charge is 0.382 e. The van der Waals surface area contributed by atoms with E-state index in [9.17, 15) is 4.79 Å². The van der Waals surface area contributed by atoms with Gasteiger partial charge in [0.05, 0.1) is 0 Å². The molecule has 2 N–H and O–H groups in total. The Morgan fingerprint density at radius 2 is 2.08 bits per heavy atom. The van der Waals surface area contributed by atoms with Gasteiger partial charge in [-0.15, -0.1) is 0 Å². The second-order valence-corrected chi connectivity index (χ2v) is 6.69. The van der Waals surface area contributed by atoms with Crippen LogP contribution in [-0.2, 0) is 0 Å². The van der Waals surface area contributed by atoms with E-state index in [1.54, 1.807) is 18.3 Å². The van der Waals surface area contributed by atoms with Gasteiger partial charge in [0.25, 0.3) is 0 Å². The van der Waals surface area contributed by atoms with E-state index in [4.69, 9.17) is 10.7 Å². The molecule has 3 heterocycles. The molecule has 3 aromatic rings. The van der Waals surface area contributed by atoms with Crippen molar-refractivity contribution in [1.29, 1.82) is 0 Å². The van der Waals surface area contributed by atoms with Crippen molar-refractivity contribution in [2.24, 2.45) is 0 Å². The number of benzene rings is 1. The summed E-state index contributed by atoms with van der Waals surface area (Å²) in [5.41, 5.74) is 9.43. The van der Waals surface area contributed by atoms with Crippen LogP contribution in [0.4, 0.5) is 5.82 Å². The molecule has 1 aliphatic rings. The lowest BCUT2D eigenvalue weighted by Crippen LogP contribution is -2.31. The summed E-state index contributed by atoms with van der Waals surface area (Å²) in [4.78, 5) is 22.5. The second-order valence-electron chi connectivity index (χ2n) is 6.69. The maximum Gasteiger partial charge on any atom is 0.150 e. The van der Waals surface area contributed by atoms with Gasteiger partial charge < -0.3 is 10.6 Å². The smallest absolute Gasteiger partial charge is 0.150 e. The van der Waals surface area contributed by atoms with Crippen LogP contribution in [0.25, 0.3) is 16.8 Å². The molecule has 6 heteroatoms. The molecule has 0 aliphatic carbocycles. The number of nitrogens with two attached hydrogens (primary N) is 1. The molecule has 1 saturated heterocycles. The Hall–Kier alpha value is -2.73. The van der Waals surface area contributed by atoms with Crippen LogP contribution in [0.5, 0.6) is 0 Å². The van der Waals surface area contributed by atoms with E-state index in [1.165, 1.54) is 6.42 Å². The van der Waals surface area contributed by atoms with Gasteiger partial charge in [0.15, 0.2) is 0 Å².